The molecule has 0 radical (unpaired) electrons. The summed E-state index contributed by atoms with van der Waals surface area (Å²) in [4.78, 5) is 11.5. The van der Waals surface area contributed by atoms with Crippen molar-refractivity contribution in [3.8, 4) is 0 Å². The Morgan fingerprint density at radius 2 is 1.64 bits per heavy atom. The molecule has 0 aromatic heterocycles. The third-order valence-electron chi connectivity index (χ3n) is 3.22. The van der Waals surface area contributed by atoms with E-state index in [-0.39, 0.29) is 10.7 Å². The van der Waals surface area contributed by atoms with Crippen LogP contribution in [0.4, 0.5) is 0 Å². The van der Waals surface area contributed by atoms with Crippen molar-refractivity contribution < 1.29 is 22.1 Å². The number of benzene rings is 2. The van der Waals surface area contributed by atoms with Crippen LogP contribution in [0, 0.1) is 6.92 Å². The number of methoxy groups -OCH3 is 1. The summed E-state index contributed by atoms with van der Waals surface area (Å²) < 4.78 is 34.4. The number of esters is 1. The molecule has 0 aliphatic rings. The molecule has 0 amide bonds. The molecule has 0 aliphatic carbocycles. The molecule has 0 atom stereocenters. The monoisotopic (exact) mass is 358 g/mol. The van der Waals surface area contributed by atoms with Crippen LogP contribution in [0.15, 0.2) is 77.4 Å². The van der Waals surface area contributed by atoms with Crippen molar-refractivity contribution in [2.75, 3.05) is 7.11 Å². The summed E-state index contributed by atoms with van der Waals surface area (Å²) in [5.41, 5.74) is 1.75. The lowest BCUT2D eigenvalue weighted by molar-refractivity contribution is -0.134. The molecule has 130 valence electrons. The summed E-state index contributed by atoms with van der Waals surface area (Å²) >= 11 is 0. The van der Waals surface area contributed by atoms with Gasteiger partial charge in [0.2, 0.25) is 0 Å². The Hall–Kier alpha value is -2.86. The minimum absolute atomic E-state index is 0.00183. The predicted molar refractivity (Wildman–Crippen MR) is 95.0 cm³/mol. The van der Waals surface area contributed by atoms with E-state index >= 15 is 0 Å². The summed E-state index contributed by atoms with van der Waals surface area (Å²) in [5.74, 6) is -0.858. The van der Waals surface area contributed by atoms with Gasteiger partial charge in [-0.3, -0.25) is 0 Å². The lowest BCUT2D eigenvalue weighted by atomic mass is 10.2. The van der Waals surface area contributed by atoms with Gasteiger partial charge in [-0.15, -0.1) is 0 Å². The van der Waals surface area contributed by atoms with Crippen LogP contribution in [0.3, 0.4) is 0 Å². The van der Waals surface area contributed by atoms with Gasteiger partial charge >= 0.3 is 16.1 Å². The molecular weight excluding hydrogens is 340 g/mol. The van der Waals surface area contributed by atoms with E-state index in [0.717, 1.165) is 17.2 Å². The van der Waals surface area contributed by atoms with E-state index in [9.17, 15) is 13.2 Å². The van der Waals surface area contributed by atoms with Gasteiger partial charge in [0.1, 0.15) is 10.7 Å². The highest BCUT2D eigenvalue weighted by atomic mass is 32.2. The first kappa shape index (κ1) is 18.5. The molecule has 6 heteroatoms. The molecule has 0 N–H and O–H groups in total. The zero-order valence-corrected chi connectivity index (χ0v) is 14.7. The maximum Gasteiger partial charge on any atom is 0.339 e. The zero-order chi connectivity index (χ0) is 18.3. The summed E-state index contributed by atoms with van der Waals surface area (Å²) in [7, 11) is -2.86. The fraction of sp³-hybridized carbons (Fsp3) is 0.105. The standard InChI is InChI=1S/C19H18O5S/c1-15-8-12-18(13-9-15)25(21,22)24-17(14-19(20)23-2)11-10-16-6-4-3-5-7-16/h3-14H,1-2H3/b11-10+,17-14+. The van der Waals surface area contributed by atoms with Gasteiger partial charge in [-0.05, 0) is 30.7 Å². The molecule has 0 fully saturated rings. The van der Waals surface area contributed by atoms with Gasteiger partial charge in [0.15, 0.2) is 0 Å². The van der Waals surface area contributed by atoms with Crippen LogP contribution in [0.25, 0.3) is 6.08 Å². The van der Waals surface area contributed by atoms with E-state index in [1.54, 1.807) is 18.2 Å². The van der Waals surface area contributed by atoms with Crippen LogP contribution in [0.1, 0.15) is 11.1 Å². The third kappa shape index (κ3) is 5.61. The van der Waals surface area contributed by atoms with E-state index in [2.05, 4.69) is 4.74 Å². The highest BCUT2D eigenvalue weighted by Gasteiger charge is 2.17. The maximum absolute atomic E-state index is 12.4. The van der Waals surface area contributed by atoms with Crippen LogP contribution >= 0.6 is 0 Å². The van der Waals surface area contributed by atoms with Crippen molar-refractivity contribution in [2.24, 2.45) is 0 Å². The molecule has 0 heterocycles. The first-order valence-corrected chi connectivity index (χ1v) is 8.85. The summed E-state index contributed by atoms with van der Waals surface area (Å²) in [6.45, 7) is 1.85. The Balaban J connectivity index is 2.30. The number of carbonyl (C=O) groups is 1. The van der Waals surface area contributed by atoms with Crippen LogP contribution in [0.5, 0.6) is 0 Å². The molecule has 0 spiro atoms. The SMILES string of the molecule is COC(=O)/C=C(\C=C\c1ccccc1)OS(=O)(=O)c1ccc(C)cc1. The highest BCUT2D eigenvalue weighted by Crippen LogP contribution is 2.18. The lowest BCUT2D eigenvalue weighted by Crippen LogP contribution is -2.07. The number of aryl methyl sites for hydroxylation is 1. The Labute approximate surface area is 147 Å². The second-order valence-corrected chi connectivity index (χ2v) is 6.71. The topological polar surface area (TPSA) is 69.7 Å². The van der Waals surface area contributed by atoms with Crippen molar-refractivity contribution in [1.29, 1.82) is 0 Å². The van der Waals surface area contributed by atoms with Crippen LogP contribution in [0.2, 0.25) is 0 Å². The van der Waals surface area contributed by atoms with E-state index in [4.69, 9.17) is 4.18 Å². The van der Waals surface area contributed by atoms with E-state index in [1.807, 2.05) is 37.3 Å². The first-order chi connectivity index (χ1) is 11.9. The van der Waals surface area contributed by atoms with Gasteiger partial charge in [-0.2, -0.15) is 8.42 Å². The minimum Gasteiger partial charge on any atom is -0.466 e. The molecule has 2 aromatic carbocycles. The normalized spacial score (nSPS) is 12.2. The average molecular weight is 358 g/mol. The van der Waals surface area contributed by atoms with Gasteiger partial charge in [0.25, 0.3) is 0 Å². The summed E-state index contributed by atoms with van der Waals surface area (Å²) in [5, 5.41) is 0. The first-order valence-electron chi connectivity index (χ1n) is 7.44. The number of hydrogen-bond acceptors (Lipinski definition) is 5. The smallest absolute Gasteiger partial charge is 0.339 e. The number of ether oxygens (including phenoxy) is 1. The van der Waals surface area contributed by atoms with E-state index in [0.29, 0.717) is 0 Å². The molecule has 5 nitrogen and oxygen atoms in total. The number of hydrogen-bond donors (Lipinski definition) is 0. The molecule has 2 aromatic rings. The van der Waals surface area contributed by atoms with Gasteiger partial charge in [0.05, 0.1) is 13.2 Å². The quantitative estimate of drug-likeness (QED) is 0.260. The fourth-order valence-electron chi connectivity index (χ4n) is 1.90. The van der Waals surface area contributed by atoms with Crippen LogP contribution in [-0.4, -0.2) is 21.5 Å². The second kappa shape index (κ2) is 8.30. The maximum atomic E-state index is 12.4. The van der Waals surface area contributed by atoms with Gasteiger partial charge in [-0.25, -0.2) is 4.79 Å². The molecule has 0 unspecified atom stereocenters. The third-order valence-corrected chi connectivity index (χ3v) is 4.48. The van der Waals surface area contributed by atoms with E-state index in [1.165, 1.54) is 25.3 Å². The average Bonchev–Trinajstić information content (AvgIpc) is 2.60. The molecular formula is C19H18O5S. The fourth-order valence-corrected chi connectivity index (χ4v) is 2.82. The minimum atomic E-state index is -4.06. The number of allylic oxidation sites excluding steroid dienone is 1. The van der Waals surface area contributed by atoms with Crippen LogP contribution in [-0.2, 0) is 23.8 Å². The Morgan fingerprint density at radius 3 is 2.24 bits per heavy atom. The van der Waals surface area contributed by atoms with Gasteiger partial charge in [0, 0.05) is 0 Å². The molecule has 0 saturated heterocycles. The zero-order valence-electron chi connectivity index (χ0n) is 13.9. The Morgan fingerprint density at radius 1 is 1.00 bits per heavy atom. The van der Waals surface area contributed by atoms with Crippen molar-refractivity contribution >= 4 is 22.2 Å². The Kier molecular flexibility index (Phi) is 6.14. The van der Waals surface area contributed by atoms with Crippen molar-refractivity contribution in [1.82, 2.24) is 0 Å². The molecule has 0 aliphatic heterocycles. The van der Waals surface area contributed by atoms with Crippen molar-refractivity contribution in [3.63, 3.8) is 0 Å². The van der Waals surface area contributed by atoms with Gasteiger partial charge in [-0.1, -0.05) is 54.1 Å². The predicted octanol–water partition coefficient (Wildman–Crippen LogP) is 3.47. The second-order valence-electron chi connectivity index (χ2n) is 5.16. The molecule has 25 heavy (non-hydrogen) atoms. The van der Waals surface area contributed by atoms with Crippen molar-refractivity contribution in [3.05, 3.63) is 83.6 Å². The molecule has 0 saturated carbocycles. The highest BCUT2D eigenvalue weighted by molar-refractivity contribution is 7.86. The largest absolute Gasteiger partial charge is 0.466 e. The van der Waals surface area contributed by atoms with Crippen molar-refractivity contribution in [2.45, 2.75) is 11.8 Å². The molecule has 0 bridgehead atoms. The number of rotatable bonds is 6. The van der Waals surface area contributed by atoms with Crippen LogP contribution < -0.4 is 0 Å². The summed E-state index contributed by atoms with van der Waals surface area (Å²) in [6, 6.07) is 15.4. The molecule has 2 rings (SSSR count). The summed E-state index contributed by atoms with van der Waals surface area (Å²) in [6.07, 6.45) is 4.02. The lowest BCUT2D eigenvalue weighted by Gasteiger charge is -2.08. The number of carbonyl (C=O) groups excluding carboxylic acids is 1. The van der Waals surface area contributed by atoms with E-state index < -0.39 is 16.1 Å². The Bertz CT molecular complexity index is 879. The van der Waals surface area contributed by atoms with Gasteiger partial charge < -0.3 is 8.92 Å².